The van der Waals surface area contributed by atoms with Crippen molar-refractivity contribution in [2.75, 3.05) is 35.8 Å². The van der Waals surface area contributed by atoms with Gasteiger partial charge < -0.3 is 9.80 Å². The molecular formula is C16H17ClN4O3S. The number of anilines is 2. The molecule has 1 amide bonds. The fourth-order valence-corrected chi connectivity index (χ4v) is 3.86. The standard InChI is InChI=1S/C16H17ClN4O3S/c17-13-2-1-3-15(10-13)25(23,24)19-16-5-4-14(11-18-16)21-8-6-20(12-22)7-9-21/h1-5,10-12H,6-9H2,(H,18,19). The summed E-state index contributed by atoms with van der Waals surface area (Å²) in [6.07, 6.45) is 2.47. The van der Waals surface area contributed by atoms with Gasteiger partial charge in [0.05, 0.1) is 16.8 Å². The monoisotopic (exact) mass is 380 g/mol. The molecule has 1 aliphatic heterocycles. The highest BCUT2D eigenvalue weighted by Crippen LogP contribution is 2.20. The van der Waals surface area contributed by atoms with Gasteiger partial charge in [-0.15, -0.1) is 0 Å². The van der Waals surface area contributed by atoms with Crippen molar-refractivity contribution in [1.29, 1.82) is 0 Å². The van der Waals surface area contributed by atoms with Crippen LogP contribution < -0.4 is 9.62 Å². The maximum absolute atomic E-state index is 12.4. The molecule has 0 unspecified atom stereocenters. The average molecular weight is 381 g/mol. The molecule has 1 fully saturated rings. The summed E-state index contributed by atoms with van der Waals surface area (Å²) in [5, 5.41) is 0.348. The van der Waals surface area contributed by atoms with Crippen molar-refractivity contribution in [3.8, 4) is 0 Å². The van der Waals surface area contributed by atoms with E-state index in [4.69, 9.17) is 11.6 Å². The number of nitrogens with zero attached hydrogens (tertiary/aromatic N) is 3. The molecule has 0 bridgehead atoms. The van der Waals surface area contributed by atoms with Gasteiger partial charge >= 0.3 is 0 Å². The van der Waals surface area contributed by atoms with Crippen LogP contribution in [0.15, 0.2) is 47.5 Å². The molecule has 1 aromatic heterocycles. The highest BCUT2D eigenvalue weighted by atomic mass is 35.5. The van der Waals surface area contributed by atoms with Crippen molar-refractivity contribution >= 4 is 39.5 Å². The molecule has 0 saturated carbocycles. The van der Waals surface area contributed by atoms with E-state index in [1.165, 1.54) is 12.1 Å². The third-order valence-corrected chi connectivity index (χ3v) is 5.51. The quantitative estimate of drug-likeness (QED) is 0.800. The van der Waals surface area contributed by atoms with Crippen LogP contribution in [0.5, 0.6) is 0 Å². The minimum Gasteiger partial charge on any atom is -0.367 e. The highest BCUT2D eigenvalue weighted by molar-refractivity contribution is 7.92. The molecule has 9 heteroatoms. The van der Waals surface area contributed by atoms with E-state index in [2.05, 4.69) is 14.6 Å². The van der Waals surface area contributed by atoms with Gasteiger partial charge in [-0.05, 0) is 30.3 Å². The lowest BCUT2D eigenvalue weighted by molar-refractivity contribution is -0.118. The zero-order valence-corrected chi connectivity index (χ0v) is 14.9. The zero-order chi connectivity index (χ0) is 17.9. The van der Waals surface area contributed by atoms with Crippen LogP contribution in [-0.4, -0.2) is 50.9 Å². The third kappa shape index (κ3) is 4.21. The Hall–Kier alpha value is -2.32. The van der Waals surface area contributed by atoms with Crippen LogP contribution in [0.3, 0.4) is 0 Å². The lowest BCUT2D eigenvalue weighted by Gasteiger charge is -2.33. The number of pyridine rings is 1. The Balaban J connectivity index is 1.69. The van der Waals surface area contributed by atoms with Gasteiger partial charge in [0.1, 0.15) is 5.82 Å². The van der Waals surface area contributed by atoms with Gasteiger partial charge in [-0.2, -0.15) is 0 Å². The molecule has 1 N–H and O–H groups in total. The zero-order valence-electron chi connectivity index (χ0n) is 13.3. The maximum atomic E-state index is 12.4. The number of hydrogen-bond donors (Lipinski definition) is 1. The number of nitrogens with one attached hydrogen (secondary N) is 1. The summed E-state index contributed by atoms with van der Waals surface area (Å²) < 4.78 is 27.1. The SMILES string of the molecule is O=CN1CCN(c2ccc(NS(=O)(=O)c3cccc(Cl)c3)nc2)CC1. The topological polar surface area (TPSA) is 82.6 Å². The molecule has 7 nitrogen and oxygen atoms in total. The Morgan fingerprint density at radius 1 is 1.12 bits per heavy atom. The molecule has 0 radical (unpaired) electrons. The Bertz CT molecular complexity index is 850. The predicted octanol–water partition coefficient (Wildman–Crippen LogP) is 1.81. The first-order chi connectivity index (χ1) is 12.0. The second-order valence-corrected chi connectivity index (χ2v) is 7.71. The molecule has 2 heterocycles. The first kappa shape index (κ1) is 17.5. The van der Waals surface area contributed by atoms with Crippen molar-refractivity contribution in [3.05, 3.63) is 47.6 Å². The second-order valence-electron chi connectivity index (χ2n) is 5.59. The van der Waals surface area contributed by atoms with E-state index in [0.29, 0.717) is 31.2 Å². The van der Waals surface area contributed by atoms with Crippen molar-refractivity contribution in [3.63, 3.8) is 0 Å². The smallest absolute Gasteiger partial charge is 0.263 e. The maximum Gasteiger partial charge on any atom is 0.263 e. The van der Waals surface area contributed by atoms with Crippen molar-refractivity contribution < 1.29 is 13.2 Å². The average Bonchev–Trinajstić information content (AvgIpc) is 2.62. The van der Waals surface area contributed by atoms with Gasteiger partial charge in [-0.1, -0.05) is 17.7 Å². The summed E-state index contributed by atoms with van der Waals surface area (Å²) in [5.41, 5.74) is 0.885. The number of amides is 1. The minimum absolute atomic E-state index is 0.0795. The normalized spacial score (nSPS) is 15.1. The van der Waals surface area contributed by atoms with Crippen LogP contribution in [0.2, 0.25) is 5.02 Å². The van der Waals surface area contributed by atoms with E-state index in [1.54, 1.807) is 35.4 Å². The summed E-state index contributed by atoms with van der Waals surface area (Å²) in [4.78, 5) is 18.8. The number of carbonyl (C=O) groups is 1. The van der Waals surface area contributed by atoms with Crippen LogP contribution in [0.25, 0.3) is 0 Å². The Kier molecular flexibility index (Phi) is 5.10. The molecule has 25 heavy (non-hydrogen) atoms. The predicted molar refractivity (Wildman–Crippen MR) is 96.3 cm³/mol. The number of rotatable bonds is 5. The van der Waals surface area contributed by atoms with Crippen LogP contribution in [-0.2, 0) is 14.8 Å². The number of hydrogen-bond acceptors (Lipinski definition) is 5. The largest absolute Gasteiger partial charge is 0.367 e. The van der Waals surface area contributed by atoms with Gasteiger partial charge in [-0.3, -0.25) is 9.52 Å². The lowest BCUT2D eigenvalue weighted by Crippen LogP contribution is -2.45. The van der Waals surface area contributed by atoms with Crippen LogP contribution in [0.4, 0.5) is 11.5 Å². The summed E-state index contributed by atoms with van der Waals surface area (Å²) in [7, 11) is -3.74. The van der Waals surface area contributed by atoms with Gasteiger partial charge in [0.2, 0.25) is 6.41 Å². The highest BCUT2D eigenvalue weighted by Gasteiger charge is 2.18. The van der Waals surface area contributed by atoms with Crippen molar-refractivity contribution in [1.82, 2.24) is 9.88 Å². The summed E-state index contributed by atoms with van der Waals surface area (Å²) in [6, 6.07) is 9.45. The second kappa shape index (κ2) is 7.28. The van der Waals surface area contributed by atoms with E-state index >= 15 is 0 Å². The van der Waals surface area contributed by atoms with Crippen LogP contribution >= 0.6 is 11.6 Å². The van der Waals surface area contributed by atoms with Crippen molar-refractivity contribution in [2.45, 2.75) is 4.90 Å². The number of aromatic nitrogens is 1. The summed E-state index contributed by atoms with van der Waals surface area (Å²) >= 11 is 5.84. The van der Waals surface area contributed by atoms with Crippen molar-refractivity contribution in [2.24, 2.45) is 0 Å². The van der Waals surface area contributed by atoms with Crippen LogP contribution in [0, 0.1) is 0 Å². The number of carbonyl (C=O) groups excluding carboxylic acids is 1. The van der Waals surface area contributed by atoms with E-state index in [1.807, 2.05) is 0 Å². The van der Waals surface area contributed by atoms with Gasteiger partial charge in [-0.25, -0.2) is 13.4 Å². The molecular weight excluding hydrogens is 364 g/mol. The fraction of sp³-hybridized carbons (Fsp3) is 0.250. The van der Waals surface area contributed by atoms with Gasteiger partial charge in [0.25, 0.3) is 10.0 Å². The summed E-state index contributed by atoms with van der Waals surface area (Å²) in [6.45, 7) is 2.75. The molecule has 0 aliphatic carbocycles. The minimum atomic E-state index is -3.74. The Labute approximate surface area is 151 Å². The third-order valence-electron chi connectivity index (χ3n) is 3.92. The van der Waals surface area contributed by atoms with Crippen LogP contribution in [0.1, 0.15) is 0 Å². The molecule has 3 rings (SSSR count). The molecule has 2 aromatic rings. The molecule has 132 valence electrons. The van der Waals surface area contributed by atoms with E-state index in [9.17, 15) is 13.2 Å². The Morgan fingerprint density at radius 2 is 1.88 bits per heavy atom. The van der Waals surface area contributed by atoms with E-state index in [0.717, 1.165) is 12.1 Å². The fourth-order valence-electron chi connectivity index (χ4n) is 2.55. The molecule has 1 aliphatic rings. The van der Waals surface area contributed by atoms with Gasteiger partial charge in [0, 0.05) is 31.2 Å². The molecule has 0 spiro atoms. The van der Waals surface area contributed by atoms with Gasteiger partial charge in [0.15, 0.2) is 0 Å². The molecule has 0 atom stereocenters. The Morgan fingerprint density at radius 3 is 2.48 bits per heavy atom. The van der Waals surface area contributed by atoms with E-state index < -0.39 is 10.0 Å². The first-order valence-corrected chi connectivity index (χ1v) is 9.53. The number of benzene rings is 1. The van der Waals surface area contributed by atoms with E-state index in [-0.39, 0.29) is 10.7 Å². The number of halogens is 1. The lowest BCUT2D eigenvalue weighted by atomic mass is 10.3. The molecule has 1 saturated heterocycles. The first-order valence-electron chi connectivity index (χ1n) is 7.67. The summed E-state index contributed by atoms with van der Waals surface area (Å²) in [5.74, 6) is 0.232. The number of piperazine rings is 1. The number of sulfonamides is 1. The molecule has 1 aromatic carbocycles.